The molecule has 0 atom stereocenters. The van der Waals surface area contributed by atoms with E-state index in [1.807, 2.05) is 60.7 Å². The van der Waals surface area contributed by atoms with Crippen LogP contribution < -0.4 is 68.6 Å². The number of hydrogen-bond acceptors (Lipinski definition) is 8. The molecule has 0 bridgehead atoms. The average molecular weight is 825 g/mol. The Balaban J connectivity index is 0.00000300. The van der Waals surface area contributed by atoms with E-state index in [1.165, 1.54) is 0 Å². The van der Waals surface area contributed by atoms with Crippen molar-refractivity contribution in [1.82, 2.24) is 0 Å². The van der Waals surface area contributed by atoms with Crippen LogP contribution in [0.25, 0.3) is 11.1 Å². The van der Waals surface area contributed by atoms with Crippen molar-refractivity contribution in [2.75, 3.05) is 24.7 Å². The zero-order chi connectivity index (χ0) is 32.2. The Labute approximate surface area is 337 Å². The molecule has 5 rings (SSSR count). The van der Waals surface area contributed by atoms with E-state index in [0.29, 0.717) is 37.6 Å². The number of benzene rings is 4. The van der Waals surface area contributed by atoms with Crippen molar-refractivity contribution in [3.05, 3.63) is 116 Å². The van der Waals surface area contributed by atoms with E-state index >= 15 is 0 Å². The minimum Gasteiger partial charge on any atom is -0.748 e. The van der Waals surface area contributed by atoms with Gasteiger partial charge in [0.25, 0.3) is 0 Å². The van der Waals surface area contributed by atoms with E-state index in [9.17, 15) is 25.9 Å². The minimum absolute atomic E-state index is 0. The molecule has 0 spiro atoms. The quantitative estimate of drug-likeness (QED) is 0.0922. The van der Waals surface area contributed by atoms with Crippen LogP contribution in [0.2, 0.25) is 0 Å². The van der Waals surface area contributed by atoms with E-state index in [0.717, 1.165) is 42.3 Å². The number of unbranched alkanes of at least 4 members (excludes halogenated alkanes) is 2. The van der Waals surface area contributed by atoms with Gasteiger partial charge in [-0.3, -0.25) is 0 Å². The van der Waals surface area contributed by atoms with Gasteiger partial charge >= 0.3 is 59.1 Å². The second-order valence-corrected chi connectivity index (χ2v) is 15.7. The van der Waals surface area contributed by atoms with E-state index in [4.69, 9.17) is 9.47 Å². The van der Waals surface area contributed by atoms with Gasteiger partial charge in [0.1, 0.15) is 11.5 Å². The summed E-state index contributed by atoms with van der Waals surface area (Å²) in [5.41, 5.74) is 5.76. The number of rotatable bonds is 14. The maximum Gasteiger partial charge on any atom is 1.00 e. The summed E-state index contributed by atoms with van der Waals surface area (Å²) in [6, 6.07) is 28.3. The number of fused-ring (bicyclic) bond motifs is 3. The first-order chi connectivity index (χ1) is 21.4. The Hall–Kier alpha value is -0.740. The first-order valence-corrected chi connectivity index (χ1v) is 19.1. The van der Waals surface area contributed by atoms with Crippen molar-refractivity contribution < 1.29 is 94.5 Å². The van der Waals surface area contributed by atoms with Crippen molar-refractivity contribution in [1.29, 1.82) is 0 Å². The van der Waals surface area contributed by atoms with E-state index in [-0.39, 0.29) is 72.0 Å². The van der Waals surface area contributed by atoms with Crippen LogP contribution in [0, 0.1) is 0 Å². The van der Waals surface area contributed by atoms with Crippen LogP contribution in [0.1, 0.15) is 47.9 Å². The second-order valence-electron chi connectivity index (χ2n) is 10.8. The Morgan fingerprint density at radius 3 is 1.26 bits per heavy atom. The van der Waals surface area contributed by atoms with Crippen molar-refractivity contribution >= 4 is 52.1 Å². The summed E-state index contributed by atoms with van der Waals surface area (Å²) in [4.78, 5) is 0. The molecule has 0 radical (unpaired) electrons. The molecule has 4 aromatic carbocycles. The number of ether oxygens (including phenoxy) is 2. The van der Waals surface area contributed by atoms with Crippen molar-refractivity contribution in [3.63, 3.8) is 0 Å². The largest absolute Gasteiger partial charge is 1.00 e. The van der Waals surface area contributed by atoms with Crippen LogP contribution in [0.15, 0.2) is 93.9 Å². The standard InChI is InChI=1S/C33H32Br2O8S2.2Na/c34-25-9-15-29-30-16-10-26(35)22-32(30)33(31(29)21-25,23-5-11-27(12-6-23)42-17-1-3-19-44(36,37)38)24-7-13-28(14-8-24)43-18-2-4-20-45(39,40)41;;/h5-16,21-22H,1-4,17-20H2,(H,36,37,38)(H,39,40,41);;/q;2*+1/p-2. The summed E-state index contributed by atoms with van der Waals surface area (Å²) in [5, 5.41) is 0. The van der Waals surface area contributed by atoms with Gasteiger partial charge in [-0.25, -0.2) is 16.8 Å². The van der Waals surface area contributed by atoms with Crippen molar-refractivity contribution in [2.24, 2.45) is 0 Å². The van der Waals surface area contributed by atoms with Crippen LogP contribution in [0.3, 0.4) is 0 Å². The molecule has 8 nitrogen and oxygen atoms in total. The normalized spacial score (nSPS) is 13.1. The maximum atomic E-state index is 10.9. The van der Waals surface area contributed by atoms with Crippen LogP contribution in [-0.4, -0.2) is 50.7 Å². The molecule has 0 aliphatic heterocycles. The molecule has 0 aromatic heterocycles. The monoisotopic (exact) mass is 822 g/mol. The van der Waals surface area contributed by atoms with Gasteiger partial charge in [0.2, 0.25) is 0 Å². The number of halogens is 2. The van der Waals surface area contributed by atoms with E-state index in [2.05, 4.69) is 56.1 Å². The topological polar surface area (TPSA) is 133 Å². The van der Waals surface area contributed by atoms with Crippen LogP contribution in [0.5, 0.6) is 11.5 Å². The van der Waals surface area contributed by atoms with Gasteiger partial charge in [-0.2, -0.15) is 0 Å². The predicted octanol–water partition coefficient (Wildman–Crippen LogP) is 0.991. The van der Waals surface area contributed by atoms with Gasteiger partial charge in [-0.15, -0.1) is 0 Å². The molecule has 0 N–H and O–H groups in total. The Kier molecular flexibility index (Phi) is 15.1. The fourth-order valence-electron chi connectivity index (χ4n) is 5.80. The summed E-state index contributed by atoms with van der Waals surface area (Å²) < 4.78 is 78.9. The van der Waals surface area contributed by atoms with Gasteiger partial charge in [-0.05, 0) is 108 Å². The van der Waals surface area contributed by atoms with Crippen LogP contribution in [-0.2, 0) is 25.7 Å². The summed E-state index contributed by atoms with van der Waals surface area (Å²) in [6.45, 7) is 0.583. The Bertz CT molecular complexity index is 1750. The molecular weight excluding hydrogens is 794 g/mol. The van der Waals surface area contributed by atoms with Gasteiger partial charge in [0.05, 0.1) is 38.9 Å². The molecule has 14 heteroatoms. The fourth-order valence-corrected chi connectivity index (χ4v) is 7.64. The third-order valence-electron chi connectivity index (χ3n) is 7.75. The van der Waals surface area contributed by atoms with Gasteiger partial charge in [0, 0.05) is 20.5 Å². The summed E-state index contributed by atoms with van der Waals surface area (Å²) in [6.07, 6.45) is 1.38. The molecule has 4 aromatic rings. The molecular formula is C33H30Br2Na2O8S2. The molecule has 238 valence electrons. The zero-order valence-electron chi connectivity index (χ0n) is 26.1. The predicted molar refractivity (Wildman–Crippen MR) is 178 cm³/mol. The zero-order valence-corrected chi connectivity index (χ0v) is 34.9. The molecule has 0 fully saturated rings. The summed E-state index contributed by atoms with van der Waals surface area (Å²) >= 11 is 7.37. The summed E-state index contributed by atoms with van der Waals surface area (Å²) in [5.74, 6) is 0.456. The van der Waals surface area contributed by atoms with Gasteiger partial charge in [0.15, 0.2) is 0 Å². The van der Waals surface area contributed by atoms with Crippen molar-refractivity contribution in [3.8, 4) is 22.6 Å². The first kappa shape index (κ1) is 40.7. The van der Waals surface area contributed by atoms with Crippen LogP contribution >= 0.6 is 31.9 Å². The summed E-state index contributed by atoms with van der Waals surface area (Å²) in [7, 11) is -8.48. The molecule has 0 saturated carbocycles. The van der Waals surface area contributed by atoms with Crippen LogP contribution in [0.4, 0.5) is 0 Å². The molecule has 0 unspecified atom stereocenters. The molecule has 0 amide bonds. The van der Waals surface area contributed by atoms with Crippen molar-refractivity contribution in [2.45, 2.75) is 31.1 Å². The minimum atomic E-state index is -4.24. The van der Waals surface area contributed by atoms with E-state index < -0.39 is 37.2 Å². The van der Waals surface area contributed by atoms with E-state index in [1.54, 1.807) is 0 Å². The average Bonchev–Trinajstić information content (AvgIpc) is 3.25. The van der Waals surface area contributed by atoms with Gasteiger partial charge < -0.3 is 18.6 Å². The molecule has 1 aliphatic carbocycles. The second kappa shape index (κ2) is 17.5. The fraction of sp³-hybridized carbons (Fsp3) is 0.273. The third kappa shape index (κ3) is 10.2. The molecule has 1 aliphatic rings. The smallest absolute Gasteiger partial charge is 0.748 e. The number of hydrogen-bond donors (Lipinski definition) is 0. The Morgan fingerprint density at radius 1 is 0.553 bits per heavy atom. The molecule has 47 heavy (non-hydrogen) atoms. The molecule has 0 heterocycles. The van der Waals surface area contributed by atoms with Gasteiger partial charge in [-0.1, -0.05) is 68.3 Å². The third-order valence-corrected chi connectivity index (χ3v) is 10.3. The SMILES string of the molecule is O=S(=O)([O-])CCCCOc1ccc(C2(c3ccc(OCCCCS(=O)(=O)[O-])cc3)c3cc(Br)ccc3-c3ccc(Br)cc32)cc1.[Na+].[Na+]. The first-order valence-electron chi connectivity index (χ1n) is 14.3. The Morgan fingerprint density at radius 2 is 0.915 bits per heavy atom. The maximum absolute atomic E-state index is 10.9. The molecule has 0 saturated heterocycles.